The molecule has 2 aliphatic heterocycles. The van der Waals surface area contributed by atoms with Crippen molar-refractivity contribution in [2.75, 3.05) is 6.54 Å². The van der Waals surface area contributed by atoms with Crippen LogP contribution in [0.5, 0.6) is 11.5 Å². The molecule has 3 heteroatoms. The third-order valence-corrected chi connectivity index (χ3v) is 7.64. The number of rotatable bonds is 0. The summed E-state index contributed by atoms with van der Waals surface area (Å²) in [6.07, 6.45) is 7.96. The molecule has 2 heterocycles. The summed E-state index contributed by atoms with van der Waals surface area (Å²) in [5.74, 6) is 1.91. The molecular formula is C18H21NO2. The van der Waals surface area contributed by atoms with Crippen LogP contribution in [-0.2, 0) is 11.8 Å². The number of nitrogens with one attached hydrogen (secondary N) is 1. The largest absolute Gasteiger partial charge is 0.504 e. The number of fused-ring (bicyclic) bond motifs is 2. The van der Waals surface area contributed by atoms with Gasteiger partial charge in [-0.05, 0) is 68.0 Å². The van der Waals surface area contributed by atoms with E-state index in [-0.39, 0.29) is 5.41 Å². The number of hydrogen-bond donors (Lipinski definition) is 2. The van der Waals surface area contributed by atoms with Crippen LogP contribution in [0.1, 0.15) is 43.2 Å². The topological polar surface area (TPSA) is 41.5 Å². The standard InChI is InChI=1S/C18H21NO2/c20-12-2-1-11-9-13-17-5-3-10(4-6-17)16-18(17,7-8-19-13)14(11)15(12)21-16/h1-2,10,13,16,19-20H,3-9H2. The first-order valence-electron chi connectivity index (χ1n) is 8.52. The fourth-order valence-electron chi connectivity index (χ4n) is 7.00. The van der Waals surface area contributed by atoms with Gasteiger partial charge in [-0.1, -0.05) is 6.07 Å². The highest BCUT2D eigenvalue weighted by atomic mass is 16.5. The van der Waals surface area contributed by atoms with Crippen molar-refractivity contribution >= 4 is 0 Å². The first kappa shape index (κ1) is 11.4. The molecule has 3 saturated carbocycles. The van der Waals surface area contributed by atoms with E-state index in [9.17, 15) is 5.11 Å². The Labute approximate surface area is 124 Å². The van der Waals surface area contributed by atoms with Crippen molar-refractivity contribution in [3.8, 4) is 11.5 Å². The molecular weight excluding hydrogens is 262 g/mol. The molecule has 110 valence electrons. The minimum absolute atomic E-state index is 0.200. The molecule has 4 fully saturated rings. The zero-order valence-electron chi connectivity index (χ0n) is 12.2. The van der Waals surface area contributed by atoms with Crippen molar-refractivity contribution in [3.05, 3.63) is 23.3 Å². The molecule has 21 heavy (non-hydrogen) atoms. The Balaban J connectivity index is 1.75. The van der Waals surface area contributed by atoms with E-state index in [0.717, 1.165) is 18.7 Å². The van der Waals surface area contributed by atoms with Gasteiger partial charge in [0, 0.05) is 17.0 Å². The molecule has 2 N–H and O–H groups in total. The first-order valence-corrected chi connectivity index (χ1v) is 8.52. The summed E-state index contributed by atoms with van der Waals surface area (Å²) in [6, 6.07) is 4.61. The highest BCUT2D eigenvalue weighted by Crippen LogP contribution is 2.73. The van der Waals surface area contributed by atoms with E-state index < -0.39 is 0 Å². The lowest BCUT2D eigenvalue weighted by atomic mass is 9.38. The normalized spacial score (nSPS) is 47.9. The summed E-state index contributed by atoms with van der Waals surface area (Å²) in [4.78, 5) is 0. The van der Waals surface area contributed by atoms with Crippen LogP contribution in [0.3, 0.4) is 0 Å². The maximum Gasteiger partial charge on any atom is 0.165 e. The molecule has 6 aliphatic rings. The molecule has 3 atom stereocenters. The minimum Gasteiger partial charge on any atom is -0.504 e. The molecule has 0 amide bonds. The number of ether oxygens (including phenoxy) is 1. The lowest BCUT2D eigenvalue weighted by Crippen LogP contribution is -2.73. The van der Waals surface area contributed by atoms with Gasteiger partial charge in [0.15, 0.2) is 11.5 Å². The van der Waals surface area contributed by atoms with Gasteiger partial charge in [-0.15, -0.1) is 0 Å². The van der Waals surface area contributed by atoms with Crippen LogP contribution in [-0.4, -0.2) is 23.8 Å². The highest BCUT2D eigenvalue weighted by molar-refractivity contribution is 5.62. The van der Waals surface area contributed by atoms with E-state index in [1.165, 1.54) is 43.2 Å². The van der Waals surface area contributed by atoms with Crippen molar-refractivity contribution in [1.29, 1.82) is 0 Å². The van der Waals surface area contributed by atoms with E-state index in [1.54, 1.807) is 0 Å². The molecule has 4 bridgehead atoms. The third kappa shape index (κ3) is 0.971. The van der Waals surface area contributed by atoms with Crippen LogP contribution in [0.2, 0.25) is 0 Å². The van der Waals surface area contributed by atoms with Crippen molar-refractivity contribution < 1.29 is 9.84 Å². The van der Waals surface area contributed by atoms with Crippen molar-refractivity contribution in [2.45, 2.75) is 56.1 Å². The number of benzene rings is 1. The molecule has 1 aromatic carbocycles. The molecule has 7 rings (SSSR count). The zero-order chi connectivity index (χ0) is 13.8. The maximum atomic E-state index is 10.4. The van der Waals surface area contributed by atoms with E-state index in [1.807, 2.05) is 6.07 Å². The summed E-state index contributed by atoms with van der Waals surface area (Å²) < 4.78 is 6.46. The molecule has 0 radical (unpaired) electrons. The molecule has 4 aliphatic carbocycles. The van der Waals surface area contributed by atoms with E-state index >= 15 is 0 Å². The molecule has 0 aromatic heterocycles. The van der Waals surface area contributed by atoms with Gasteiger partial charge in [0.2, 0.25) is 0 Å². The number of hydrogen-bond acceptors (Lipinski definition) is 3. The number of phenols is 1. The molecule has 3 unspecified atom stereocenters. The van der Waals surface area contributed by atoms with E-state index in [4.69, 9.17) is 4.74 Å². The van der Waals surface area contributed by atoms with Gasteiger partial charge in [-0.2, -0.15) is 0 Å². The van der Waals surface area contributed by atoms with Gasteiger partial charge in [0.1, 0.15) is 6.10 Å². The fraction of sp³-hybridized carbons (Fsp3) is 0.667. The Bertz CT molecular complexity index is 661. The van der Waals surface area contributed by atoms with Crippen LogP contribution < -0.4 is 10.1 Å². The number of phenolic OH excluding ortho intramolecular Hbond substituents is 1. The summed E-state index contributed by atoms with van der Waals surface area (Å²) in [7, 11) is 0. The summed E-state index contributed by atoms with van der Waals surface area (Å²) >= 11 is 0. The summed E-state index contributed by atoms with van der Waals surface area (Å²) in [6.45, 7) is 1.10. The Kier molecular flexibility index (Phi) is 1.75. The average Bonchev–Trinajstić information content (AvgIpc) is 2.86. The average molecular weight is 283 g/mol. The zero-order valence-corrected chi connectivity index (χ0v) is 12.2. The van der Waals surface area contributed by atoms with Crippen LogP contribution in [0.4, 0.5) is 0 Å². The SMILES string of the molecule is Oc1ccc2c3c1OC1C4CCC5(CC4)C(C2)NCCC315. The first-order chi connectivity index (χ1) is 10.3. The predicted octanol–water partition coefficient (Wildman–Crippen LogP) is 2.50. The molecule has 1 aromatic rings. The third-order valence-electron chi connectivity index (χ3n) is 7.64. The van der Waals surface area contributed by atoms with Crippen molar-refractivity contribution in [2.24, 2.45) is 11.3 Å². The lowest BCUT2D eigenvalue weighted by molar-refractivity contribution is -0.145. The number of aromatic hydroxyl groups is 1. The monoisotopic (exact) mass is 283 g/mol. The minimum atomic E-state index is 0.200. The van der Waals surface area contributed by atoms with Gasteiger partial charge in [0.25, 0.3) is 0 Å². The summed E-state index contributed by atoms with van der Waals surface area (Å²) in [5, 5.41) is 14.2. The predicted molar refractivity (Wildman–Crippen MR) is 78.7 cm³/mol. The van der Waals surface area contributed by atoms with Gasteiger partial charge in [-0.25, -0.2) is 0 Å². The van der Waals surface area contributed by atoms with Gasteiger partial charge in [-0.3, -0.25) is 0 Å². The Morgan fingerprint density at radius 2 is 2.05 bits per heavy atom. The Morgan fingerprint density at radius 3 is 2.90 bits per heavy atom. The quantitative estimate of drug-likeness (QED) is 0.768. The van der Waals surface area contributed by atoms with E-state index in [2.05, 4.69) is 11.4 Å². The molecule has 3 nitrogen and oxygen atoms in total. The Hall–Kier alpha value is -1.22. The maximum absolute atomic E-state index is 10.4. The van der Waals surface area contributed by atoms with Gasteiger partial charge >= 0.3 is 0 Å². The van der Waals surface area contributed by atoms with E-state index in [0.29, 0.717) is 29.2 Å². The van der Waals surface area contributed by atoms with Crippen LogP contribution >= 0.6 is 0 Å². The second-order valence-corrected chi connectivity index (χ2v) is 7.91. The lowest BCUT2D eigenvalue weighted by Gasteiger charge is -2.68. The highest BCUT2D eigenvalue weighted by Gasteiger charge is 2.73. The van der Waals surface area contributed by atoms with Crippen molar-refractivity contribution in [1.82, 2.24) is 5.32 Å². The second kappa shape index (κ2) is 3.24. The molecule has 2 spiro atoms. The molecule has 1 saturated heterocycles. The smallest absolute Gasteiger partial charge is 0.165 e. The fourth-order valence-corrected chi connectivity index (χ4v) is 7.00. The van der Waals surface area contributed by atoms with Crippen molar-refractivity contribution in [3.63, 3.8) is 0 Å². The van der Waals surface area contributed by atoms with Gasteiger partial charge in [0.05, 0.1) is 0 Å². The van der Waals surface area contributed by atoms with Crippen LogP contribution in [0.25, 0.3) is 0 Å². The Morgan fingerprint density at radius 1 is 1.19 bits per heavy atom. The van der Waals surface area contributed by atoms with Crippen LogP contribution in [0.15, 0.2) is 12.1 Å². The van der Waals surface area contributed by atoms with Crippen LogP contribution in [0, 0.1) is 11.3 Å². The second-order valence-electron chi connectivity index (χ2n) is 7.91. The van der Waals surface area contributed by atoms with Gasteiger partial charge < -0.3 is 15.2 Å². The number of piperidine rings is 1. The summed E-state index contributed by atoms with van der Waals surface area (Å²) in [5.41, 5.74) is 3.43.